The number of nitrogens with zero attached hydrogens (tertiary/aromatic N) is 1. The number of amides is 1. The highest BCUT2D eigenvalue weighted by Crippen LogP contribution is 2.21. The number of sulfonamides is 1. The molecule has 27 heavy (non-hydrogen) atoms. The van der Waals surface area contributed by atoms with Crippen LogP contribution in [0.15, 0.2) is 76.2 Å². The quantitative estimate of drug-likeness (QED) is 0.638. The number of nitrogens with one attached hydrogen (secondary N) is 1. The second-order valence-corrected chi connectivity index (χ2v) is 8.20. The van der Waals surface area contributed by atoms with Crippen LogP contribution in [-0.4, -0.2) is 19.3 Å². The fraction of sp³-hybridized carbons (Fsp3) is 0.0526. The molecule has 0 spiro atoms. The molecule has 8 heteroatoms. The monoisotopic (exact) mass is 446 g/mol. The first-order valence-electron chi connectivity index (χ1n) is 7.87. The first-order valence-corrected chi connectivity index (χ1v) is 10.1. The summed E-state index contributed by atoms with van der Waals surface area (Å²) < 4.78 is 32.9. The molecule has 0 aliphatic carbocycles. The Hall–Kier alpha value is -2.71. The average Bonchev–Trinajstić information content (AvgIpc) is 2.62. The number of benzene rings is 2. The molecule has 1 heterocycles. The minimum atomic E-state index is -4.06. The van der Waals surface area contributed by atoms with Crippen molar-refractivity contribution in [2.75, 3.05) is 0 Å². The number of rotatable bonds is 5. The Morgan fingerprint density at radius 2 is 1.81 bits per heavy atom. The van der Waals surface area contributed by atoms with Crippen molar-refractivity contribution in [1.82, 2.24) is 9.71 Å². The van der Waals surface area contributed by atoms with Crippen LogP contribution in [0.4, 0.5) is 0 Å². The molecule has 0 radical (unpaired) electrons. The van der Waals surface area contributed by atoms with Gasteiger partial charge < -0.3 is 4.74 Å². The molecule has 0 saturated heterocycles. The van der Waals surface area contributed by atoms with Gasteiger partial charge in [-0.1, -0.05) is 24.3 Å². The van der Waals surface area contributed by atoms with Crippen LogP contribution in [0, 0.1) is 6.92 Å². The van der Waals surface area contributed by atoms with Gasteiger partial charge in [-0.2, -0.15) is 0 Å². The van der Waals surface area contributed by atoms with E-state index in [-0.39, 0.29) is 16.3 Å². The molecular weight excluding hydrogens is 432 g/mol. The smallest absolute Gasteiger partial charge is 0.266 e. The van der Waals surface area contributed by atoms with E-state index in [4.69, 9.17) is 4.74 Å². The van der Waals surface area contributed by atoms with Crippen LogP contribution in [0.3, 0.4) is 0 Å². The van der Waals surface area contributed by atoms with Crippen LogP contribution in [0.25, 0.3) is 0 Å². The van der Waals surface area contributed by atoms with E-state index in [1.807, 2.05) is 29.8 Å². The summed E-state index contributed by atoms with van der Waals surface area (Å²) in [5, 5.41) is 0. The molecule has 6 nitrogen and oxygen atoms in total. The molecule has 138 valence electrons. The summed E-state index contributed by atoms with van der Waals surface area (Å²) in [6.07, 6.45) is 1.14. The first kappa shape index (κ1) is 19.1. The van der Waals surface area contributed by atoms with Gasteiger partial charge in [0.1, 0.15) is 10.6 Å². The fourth-order valence-electron chi connectivity index (χ4n) is 2.24. The number of aryl methyl sites for hydroxylation is 1. The summed E-state index contributed by atoms with van der Waals surface area (Å²) >= 11 is 3.27. The molecule has 3 aromatic rings. The van der Waals surface area contributed by atoms with Gasteiger partial charge in [0.2, 0.25) is 5.88 Å². The Morgan fingerprint density at radius 1 is 1.07 bits per heavy atom. The molecule has 1 N–H and O–H groups in total. The lowest BCUT2D eigenvalue weighted by atomic mass is 10.1. The third-order valence-corrected chi connectivity index (χ3v) is 5.55. The molecule has 0 saturated carbocycles. The maximum absolute atomic E-state index is 12.4. The summed E-state index contributed by atoms with van der Waals surface area (Å²) in [5.41, 5.74) is 1.17. The van der Waals surface area contributed by atoms with E-state index in [1.165, 1.54) is 12.1 Å². The predicted molar refractivity (Wildman–Crippen MR) is 104 cm³/mol. The van der Waals surface area contributed by atoms with Crippen molar-refractivity contribution in [3.05, 3.63) is 82.5 Å². The Labute approximate surface area is 165 Å². The SMILES string of the molecule is Cc1ccc(C(=O)NS(=O)(=O)c2ccc(Oc3ccccc3)nc2)c(Br)c1. The predicted octanol–water partition coefficient (Wildman–Crippen LogP) is 4.06. The number of hydrogen-bond acceptors (Lipinski definition) is 5. The zero-order valence-electron chi connectivity index (χ0n) is 14.2. The number of aromatic nitrogens is 1. The molecule has 0 atom stereocenters. The molecule has 0 fully saturated rings. The average molecular weight is 447 g/mol. The largest absolute Gasteiger partial charge is 0.439 e. The van der Waals surface area contributed by atoms with E-state index < -0.39 is 15.9 Å². The molecule has 1 aromatic heterocycles. The summed E-state index contributed by atoms with van der Waals surface area (Å²) in [6, 6.07) is 16.8. The minimum absolute atomic E-state index is 0.139. The number of halogens is 1. The van der Waals surface area contributed by atoms with Crippen LogP contribution in [0.1, 0.15) is 15.9 Å². The van der Waals surface area contributed by atoms with E-state index in [9.17, 15) is 13.2 Å². The highest BCUT2D eigenvalue weighted by Gasteiger charge is 2.20. The Bertz CT molecular complexity index is 1070. The third-order valence-electron chi connectivity index (χ3n) is 3.58. The Kier molecular flexibility index (Phi) is 5.57. The lowest BCUT2D eigenvalue weighted by Crippen LogP contribution is -2.30. The fourth-order valence-corrected chi connectivity index (χ4v) is 3.82. The molecule has 0 aliphatic rings. The number of ether oxygens (including phenoxy) is 1. The van der Waals surface area contributed by atoms with Gasteiger partial charge in [0, 0.05) is 10.5 Å². The number of carbonyl (C=O) groups excluding carboxylic acids is 1. The van der Waals surface area contributed by atoms with E-state index >= 15 is 0 Å². The molecule has 0 bridgehead atoms. The molecule has 3 rings (SSSR count). The Morgan fingerprint density at radius 3 is 2.44 bits per heavy atom. The standard InChI is InChI=1S/C19H15BrN2O4S/c1-13-7-9-16(17(20)11-13)19(23)22-27(24,25)15-8-10-18(21-12-15)26-14-5-3-2-4-6-14/h2-12H,1H3,(H,22,23). The van der Waals surface area contributed by atoms with Crippen LogP contribution in [0.5, 0.6) is 11.6 Å². The van der Waals surface area contributed by atoms with Crippen molar-refractivity contribution in [3.63, 3.8) is 0 Å². The van der Waals surface area contributed by atoms with E-state index in [0.29, 0.717) is 10.2 Å². The number of para-hydroxylation sites is 1. The highest BCUT2D eigenvalue weighted by atomic mass is 79.9. The number of pyridine rings is 1. The van der Waals surface area contributed by atoms with Gasteiger partial charge in [-0.25, -0.2) is 18.1 Å². The maximum atomic E-state index is 12.4. The zero-order chi connectivity index (χ0) is 19.4. The van der Waals surface area contributed by atoms with Gasteiger partial charge in [0.15, 0.2) is 0 Å². The van der Waals surface area contributed by atoms with Crippen molar-refractivity contribution >= 4 is 31.9 Å². The molecule has 0 unspecified atom stereocenters. The maximum Gasteiger partial charge on any atom is 0.266 e. The topological polar surface area (TPSA) is 85.4 Å². The van der Waals surface area contributed by atoms with Gasteiger partial charge in [0.05, 0.1) is 11.8 Å². The third kappa shape index (κ3) is 4.72. The van der Waals surface area contributed by atoms with Crippen molar-refractivity contribution in [2.24, 2.45) is 0 Å². The van der Waals surface area contributed by atoms with E-state index in [1.54, 1.807) is 30.3 Å². The second kappa shape index (κ2) is 7.89. The van der Waals surface area contributed by atoms with Crippen molar-refractivity contribution in [2.45, 2.75) is 11.8 Å². The van der Waals surface area contributed by atoms with E-state index in [0.717, 1.165) is 11.8 Å². The van der Waals surface area contributed by atoms with Gasteiger partial charge in [-0.05, 0) is 58.7 Å². The van der Waals surface area contributed by atoms with Crippen LogP contribution < -0.4 is 9.46 Å². The van der Waals surface area contributed by atoms with E-state index in [2.05, 4.69) is 20.9 Å². The Balaban J connectivity index is 1.75. The summed E-state index contributed by atoms with van der Waals surface area (Å²) in [5.74, 6) is 0.0948. The molecule has 0 aliphatic heterocycles. The molecular formula is C19H15BrN2O4S. The highest BCUT2D eigenvalue weighted by molar-refractivity contribution is 9.10. The number of hydrogen-bond donors (Lipinski definition) is 1. The lowest BCUT2D eigenvalue weighted by molar-refractivity contribution is 0.0980. The lowest BCUT2D eigenvalue weighted by Gasteiger charge is -2.09. The minimum Gasteiger partial charge on any atom is -0.439 e. The molecule has 1 amide bonds. The normalized spacial score (nSPS) is 11.0. The van der Waals surface area contributed by atoms with Gasteiger partial charge >= 0.3 is 0 Å². The second-order valence-electron chi connectivity index (χ2n) is 5.67. The van der Waals surface area contributed by atoms with Crippen LogP contribution in [-0.2, 0) is 10.0 Å². The van der Waals surface area contributed by atoms with Gasteiger partial charge in [-0.15, -0.1) is 0 Å². The summed E-state index contributed by atoms with van der Waals surface area (Å²) in [7, 11) is -4.06. The first-order chi connectivity index (χ1) is 12.8. The summed E-state index contributed by atoms with van der Waals surface area (Å²) in [6.45, 7) is 1.87. The van der Waals surface area contributed by atoms with Crippen molar-refractivity contribution in [3.8, 4) is 11.6 Å². The van der Waals surface area contributed by atoms with Gasteiger partial charge in [-0.3, -0.25) is 4.79 Å². The summed E-state index contributed by atoms with van der Waals surface area (Å²) in [4.78, 5) is 16.2. The van der Waals surface area contributed by atoms with Crippen molar-refractivity contribution < 1.29 is 17.9 Å². The van der Waals surface area contributed by atoms with Crippen LogP contribution >= 0.6 is 15.9 Å². The van der Waals surface area contributed by atoms with Crippen molar-refractivity contribution in [1.29, 1.82) is 0 Å². The zero-order valence-corrected chi connectivity index (χ0v) is 16.6. The van der Waals surface area contributed by atoms with Crippen LogP contribution in [0.2, 0.25) is 0 Å². The number of carbonyl (C=O) groups is 1. The molecule has 2 aromatic carbocycles. The van der Waals surface area contributed by atoms with Gasteiger partial charge in [0.25, 0.3) is 15.9 Å².